The maximum atomic E-state index is 10.5. The third-order valence-electron chi connectivity index (χ3n) is 9.63. The van der Waals surface area contributed by atoms with Crippen LogP contribution in [0.2, 0.25) is 0 Å². The minimum absolute atomic E-state index is 0.565. The molecule has 9 aromatic rings. The Labute approximate surface area is 287 Å². The first-order valence-electron chi connectivity index (χ1n) is 16.3. The Hall–Kier alpha value is -7.39. The number of aromatic nitrogens is 2. The minimum atomic E-state index is 0.565. The van der Waals surface area contributed by atoms with Crippen LogP contribution in [0.3, 0.4) is 0 Å². The number of para-hydroxylation sites is 4. The van der Waals surface area contributed by atoms with Crippen LogP contribution in [0.1, 0.15) is 16.7 Å². The van der Waals surface area contributed by atoms with E-state index < -0.39 is 0 Å². The fourth-order valence-electron chi connectivity index (χ4n) is 7.46. The van der Waals surface area contributed by atoms with Crippen molar-refractivity contribution in [2.24, 2.45) is 0 Å². The molecule has 9 rings (SSSR count). The Morgan fingerprint density at radius 2 is 1.06 bits per heavy atom. The first-order valence-corrected chi connectivity index (χ1v) is 16.3. The zero-order chi connectivity index (χ0) is 33.8. The molecule has 5 heteroatoms. The molecule has 0 N–H and O–H groups in total. The van der Waals surface area contributed by atoms with Gasteiger partial charge in [0.1, 0.15) is 6.07 Å². The van der Waals surface area contributed by atoms with E-state index in [0.29, 0.717) is 16.7 Å². The Balaban J connectivity index is 1.20. The number of fused-ring (bicyclic) bond motifs is 6. The maximum absolute atomic E-state index is 10.5. The highest BCUT2D eigenvalue weighted by atomic mass is 15.0. The number of hydrogen-bond donors (Lipinski definition) is 0. The minimum Gasteiger partial charge on any atom is -0.309 e. The molecule has 7 aromatic carbocycles. The SMILES string of the molecule is N#Cc1ccc2c(c1)c1ccccc1n2-c1cccc(-c2ccc(-c3ccccc3-n3c4ccccc4c4cccc(C#N)c43)cc2C#N)c1. The van der Waals surface area contributed by atoms with Crippen molar-refractivity contribution in [1.82, 2.24) is 9.13 Å². The van der Waals surface area contributed by atoms with Crippen molar-refractivity contribution in [2.45, 2.75) is 0 Å². The summed E-state index contributed by atoms with van der Waals surface area (Å²) in [6, 6.07) is 57.7. The summed E-state index contributed by atoms with van der Waals surface area (Å²) in [6.45, 7) is 0. The summed E-state index contributed by atoms with van der Waals surface area (Å²) in [7, 11) is 0. The van der Waals surface area contributed by atoms with E-state index in [0.717, 1.165) is 77.2 Å². The van der Waals surface area contributed by atoms with Crippen molar-refractivity contribution < 1.29 is 0 Å². The average molecular weight is 636 g/mol. The summed E-state index contributed by atoms with van der Waals surface area (Å²) in [5.74, 6) is 0. The molecule has 5 nitrogen and oxygen atoms in total. The van der Waals surface area contributed by atoms with E-state index in [2.05, 4.69) is 88.0 Å². The zero-order valence-electron chi connectivity index (χ0n) is 26.7. The number of benzene rings is 7. The van der Waals surface area contributed by atoms with Crippen LogP contribution in [0.15, 0.2) is 152 Å². The van der Waals surface area contributed by atoms with Crippen molar-refractivity contribution >= 4 is 43.6 Å². The molecule has 0 atom stereocenters. The van der Waals surface area contributed by atoms with Gasteiger partial charge in [-0.3, -0.25) is 0 Å². The van der Waals surface area contributed by atoms with Gasteiger partial charge in [-0.2, -0.15) is 15.8 Å². The van der Waals surface area contributed by atoms with Gasteiger partial charge in [-0.25, -0.2) is 0 Å². The maximum Gasteiger partial charge on any atom is 0.101 e. The first-order chi connectivity index (χ1) is 24.7. The first kappa shape index (κ1) is 28.8. The van der Waals surface area contributed by atoms with Gasteiger partial charge in [-0.1, -0.05) is 91.0 Å². The number of rotatable bonds is 4. The van der Waals surface area contributed by atoms with Gasteiger partial charge >= 0.3 is 0 Å². The third kappa shape index (κ3) is 4.31. The zero-order valence-corrected chi connectivity index (χ0v) is 26.7. The van der Waals surface area contributed by atoms with E-state index in [9.17, 15) is 15.8 Å². The van der Waals surface area contributed by atoms with Gasteiger partial charge in [0.2, 0.25) is 0 Å². The second-order valence-corrected chi connectivity index (χ2v) is 12.3. The van der Waals surface area contributed by atoms with Gasteiger partial charge < -0.3 is 9.13 Å². The fraction of sp³-hybridized carbons (Fsp3) is 0. The van der Waals surface area contributed by atoms with Crippen LogP contribution in [0, 0.1) is 34.0 Å². The van der Waals surface area contributed by atoms with Crippen LogP contribution in [0.5, 0.6) is 0 Å². The highest BCUT2D eigenvalue weighted by Gasteiger charge is 2.19. The molecule has 2 aromatic heterocycles. The Kier molecular flexibility index (Phi) is 6.56. The standard InChI is InChI=1S/C45H25N5/c46-26-29-19-22-44-40(23-29)38-14-3-5-17-42(38)49(44)34-11-7-9-30(25-34)35-21-20-31(24-33(35)28-48)36-12-1-4-16-41(36)50-43-18-6-2-13-37(43)39-15-8-10-32(27-47)45(39)50/h1-25H. The predicted octanol–water partition coefficient (Wildman–Crippen LogP) is 10.8. The van der Waals surface area contributed by atoms with E-state index in [-0.39, 0.29) is 0 Å². The molecule has 230 valence electrons. The second kappa shape index (κ2) is 11.4. The van der Waals surface area contributed by atoms with E-state index in [1.807, 2.05) is 91.0 Å². The molecule has 0 bridgehead atoms. The van der Waals surface area contributed by atoms with Crippen LogP contribution < -0.4 is 0 Å². The molecule has 0 fully saturated rings. The van der Waals surface area contributed by atoms with Crippen molar-refractivity contribution in [2.75, 3.05) is 0 Å². The third-order valence-corrected chi connectivity index (χ3v) is 9.63. The molecule has 0 saturated heterocycles. The van der Waals surface area contributed by atoms with Crippen LogP contribution >= 0.6 is 0 Å². The number of nitriles is 3. The van der Waals surface area contributed by atoms with Crippen LogP contribution in [0.4, 0.5) is 0 Å². The summed E-state index contributed by atoms with van der Waals surface area (Å²) in [4.78, 5) is 0. The average Bonchev–Trinajstić information content (AvgIpc) is 3.70. The van der Waals surface area contributed by atoms with E-state index in [4.69, 9.17) is 0 Å². The molecule has 0 saturated carbocycles. The van der Waals surface area contributed by atoms with Crippen LogP contribution in [-0.2, 0) is 0 Å². The number of nitrogens with zero attached hydrogens (tertiary/aromatic N) is 5. The summed E-state index contributed by atoms with van der Waals surface area (Å²) in [5.41, 5.74) is 11.3. The molecule has 50 heavy (non-hydrogen) atoms. The molecule has 0 amide bonds. The quantitative estimate of drug-likeness (QED) is 0.193. The molecular weight excluding hydrogens is 611 g/mol. The Morgan fingerprint density at radius 3 is 1.86 bits per heavy atom. The molecule has 0 aliphatic rings. The van der Waals surface area contributed by atoms with E-state index in [1.54, 1.807) is 0 Å². The smallest absolute Gasteiger partial charge is 0.101 e. The lowest BCUT2D eigenvalue weighted by molar-refractivity contribution is 1.18. The molecular formula is C45H25N5. The molecule has 0 unspecified atom stereocenters. The van der Waals surface area contributed by atoms with E-state index >= 15 is 0 Å². The van der Waals surface area contributed by atoms with E-state index in [1.165, 1.54) is 0 Å². The largest absolute Gasteiger partial charge is 0.309 e. The molecule has 0 spiro atoms. The van der Waals surface area contributed by atoms with Crippen LogP contribution in [0.25, 0.3) is 77.2 Å². The molecule has 0 radical (unpaired) electrons. The summed E-state index contributed by atoms with van der Waals surface area (Å²) in [5, 5.41) is 34.4. The molecule has 2 heterocycles. The predicted molar refractivity (Wildman–Crippen MR) is 200 cm³/mol. The lowest BCUT2D eigenvalue weighted by Gasteiger charge is -2.16. The van der Waals surface area contributed by atoms with Crippen LogP contribution in [-0.4, -0.2) is 9.13 Å². The second-order valence-electron chi connectivity index (χ2n) is 12.3. The highest BCUT2D eigenvalue weighted by Crippen LogP contribution is 2.39. The summed E-state index contributed by atoms with van der Waals surface area (Å²) >= 11 is 0. The molecule has 0 aliphatic carbocycles. The normalized spacial score (nSPS) is 11.1. The Morgan fingerprint density at radius 1 is 0.400 bits per heavy atom. The summed E-state index contributed by atoms with van der Waals surface area (Å²) in [6.07, 6.45) is 0. The van der Waals surface area contributed by atoms with Crippen molar-refractivity contribution in [3.8, 4) is 51.8 Å². The van der Waals surface area contributed by atoms with Gasteiger partial charge in [0.05, 0.1) is 56.6 Å². The van der Waals surface area contributed by atoms with Crippen molar-refractivity contribution in [1.29, 1.82) is 15.8 Å². The Bertz CT molecular complexity index is 2970. The number of hydrogen-bond acceptors (Lipinski definition) is 3. The molecule has 0 aliphatic heterocycles. The lowest BCUT2D eigenvalue weighted by Crippen LogP contribution is -1.99. The topological polar surface area (TPSA) is 81.2 Å². The van der Waals surface area contributed by atoms with Gasteiger partial charge in [0, 0.05) is 32.8 Å². The van der Waals surface area contributed by atoms with Gasteiger partial charge in [0.25, 0.3) is 0 Å². The van der Waals surface area contributed by atoms with Crippen molar-refractivity contribution in [3.63, 3.8) is 0 Å². The van der Waals surface area contributed by atoms with Gasteiger partial charge in [-0.05, 0) is 77.4 Å². The highest BCUT2D eigenvalue weighted by molar-refractivity contribution is 6.12. The monoisotopic (exact) mass is 635 g/mol. The van der Waals surface area contributed by atoms with Crippen molar-refractivity contribution in [3.05, 3.63) is 168 Å². The fourth-order valence-corrected chi connectivity index (χ4v) is 7.46. The van der Waals surface area contributed by atoms with Gasteiger partial charge in [-0.15, -0.1) is 0 Å². The lowest BCUT2D eigenvalue weighted by atomic mass is 9.94. The van der Waals surface area contributed by atoms with Gasteiger partial charge in [0.15, 0.2) is 0 Å². The summed E-state index contributed by atoms with van der Waals surface area (Å²) < 4.78 is 4.39.